The van der Waals surface area contributed by atoms with Gasteiger partial charge in [0.05, 0.1) is 0 Å². The van der Waals surface area contributed by atoms with Crippen LogP contribution in [-0.4, -0.2) is 37.2 Å². The molecule has 6 nitrogen and oxygen atoms in total. The van der Waals surface area contributed by atoms with Crippen molar-refractivity contribution in [3.63, 3.8) is 0 Å². The maximum atomic E-state index is 12.9. The number of carbonyl (C=O) groups excluding carboxylic acids is 3. The van der Waals surface area contributed by atoms with Gasteiger partial charge in [-0.3, -0.25) is 14.4 Å². The first-order valence-electron chi connectivity index (χ1n) is 32.1. The molecule has 0 aliphatic carbocycles. The molecule has 0 saturated carbocycles. The second-order valence-corrected chi connectivity index (χ2v) is 21.3. The molecule has 0 N–H and O–H groups in total. The number of hydrogen-bond acceptors (Lipinski definition) is 6. The Morgan fingerprint density at radius 1 is 0.280 bits per heavy atom. The third kappa shape index (κ3) is 61.3. The van der Waals surface area contributed by atoms with Crippen molar-refractivity contribution in [1.29, 1.82) is 0 Å². The standard InChI is InChI=1S/C69H120O6/c1-4-7-10-13-16-19-22-25-28-30-32-33-34-35-36-37-38-40-41-44-47-50-53-56-59-62-68(71)74-65-66(64-73-67(70)61-58-55-52-49-46-43-27-24-21-18-15-12-9-6-3)75-69(72)63-60-57-54-51-48-45-42-39-31-29-26-23-20-17-14-11-8-5-2/h7,10,16,19,24-25,27-28,32-33,35-36,38,40,66H,4-6,8-9,11-15,17-18,20-23,26,29-31,34,37,39,41-65H2,1-3H3/b10-7-,19-16-,27-24-,28-25-,33-32-,36-35-,40-38-. The Morgan fingerprint density at radius 3 is 0.827 bits per heavy atom. The van der Waals surface area contributed by atoms with Crippen LogP contribution in [0.15, 0.2) is 85.1 Å². The van der Waals surface area contributed by atoms with Crippen molar-refractivity contribution in [2.75, 3.05) is 13.2 Å². The van der Waals surface area contributed by atoms with Gasteiger partial charge in [0.2, 0.25) is 0 Å². The molecule has 0 amide bonds. The van der Waals surface area contributed by atoms with E-state index in [4.69, 9.17) is 14.2 Å². The minimum Gasteiger partial charge on any atom is -0.462 e. The molecule has 0 radical (unpaired) electrons. The van der Waals surface area contributed by atoms with Crippen molar-refractivity contribution in [2.45, 2.75) is 322 Å². The third-order valence-corrected chi connectivity index (χ3v) is 13.9. The van der Waals surface area contributed by atoms with Crippen LogP contribution in [0, 0.1) is 0 Å². The van der Waals surface area contributed by atoms with Gasteiger partial charge < -0.3 is 14.2 Å². The van der Waals surface area contributed by atoms with Gasteiger partial charge in [0.15, 0.2) is 6.10 Å². The van der Waals surface area contributed by atoms with Crippen LogP contribution in [0.3, 0.4) is 0 Å². The van der Waals surface area contributed by atoms with E-state index in [9.17, 15) is 14.4 Å². The van der Waals surface area contributed by atoms with Gasteiger partial charge >= 0.3 is 17.9 Å². The van der Waals surface area contributed by atoms with Gasteiger partial charge in [0.25, 0.3) is 0 Å². The van der Waals surface area contributed by atoms with Crippen LogP contribution >= 0.6 is 0 Å². The van der Waals surface area contributed by atoms with Gasteiger partial charge in [-0.25, -0.2) is 0 Å². The average Bonchev–Trinajstić information content (AvgIpc) is 3.41. The topological polar surface area (TPSA) is 78.9 Å². The molecule has 0 aromatic carbocycles. The predicted molar refractivity (Wildman–Crippen MR) is 325 cm³/mol. The highest BCUT2D eigenvalue weighted by molar-refractivity contribution is 5.71. The summed E-state index contributed by atoms with van der Waals surface area (Å²) in [5.41, 5.74) is 0. The maximum Gasteiger partial charge on any atom is 0.306 e. The van der Waals surface area contributed by atoms with E-state index in [-0.39, 0.29) is 31.1 Å². The van der Waals surface area contributed by atoms with E-state index >= 15 is 0 Å². The third-order valence-electron chi connectivity index (χ3n) is 13.9. The molecule has 0 fully saturated rings. The van der Waals surface area contributed by atoms with E-state index in [0.717, 1.165) is 116 Å². The number of unbranched alkanes of at least 4 members (excludes halogenated alkanes) is 33. The number of hydrogen-bond donors (Lipinski definition) is 0. The Morgan fingerprint density at radius 2 is 0.520 bits per heavy atom. The second-order valence-electron chi connectivity index (χ2n) is 21.3. The van der Waals surface area contributed by atoms with Gasteiger partial charge in [0, 0.05) is 19.3 Å². The van der Waals surface area contributed by atoms with Crippen LogP contribution in [0.1, 0.15) is 316 Å². The molecule has 0 aromatic rings. The van der Waals surface area contributed by atoms with E-state index < -0.39 is 6.10 Å². The lowest BCUT2D eigenvalue weighted by molar-refractivity contribution is -0.167. The maximum absolute atomic E-state index is 12.9. The summed E-state index contributed by atoms with van der Waals surface area (Å²) in [6.07, 6.45) is 83.0. The summed E-state index contributed by atoms with van der Waals surface area (Å²) < 4.78 is 16.9. The predicted octanol–water partition coefficient (Wildman–Crippen LogP) is 21.9. The molecule has 6 heteroatoms. The van der Waals surface area contributed by atoms with Crippen molar-refractivity contribution in [3.05, 3.63) is 85.1 Å². The summed E-state index contributed by atoms with van der Waals surface area (Å²) >= 11 is 0. The Hall–Kier alpha value is -3.41. The molecule has 0 rings (SSSR count). The lowest BCUT2D eigenvalue weighted by Gasteiger charge is -2.18. The van der Waals surface area contributed by atoms with Gasteiger partial charge in [-0.05, 0) is 96.3 Å². The monoisotopic (exact) mass is 1040 g/mol. The number of ether oxygens (including phenoxy) is 3. The van der Waals surface area contributed by atoms with Gasteiger partial charge in [-0.15, -0.1) is 0 Å². The molecule has 0 bridgehead atoms. The van der Waals surface area contributed by atoms with Crippen LogP contribution in [0.4, 0.5) is 0 Å². The van der Waals surface area contributed by atoms with Crippen molar-refractivity contribution in [3.8, 4) is 0 Å². The minimum absolute atomic E-state index is 0.0829. The molecular formula is C69H120O6. The zero-order chi connectivity index (χ0) is 54.3. The summed E-state index contributed by atoms with van der Waals surface area (Å²) in [5, 5.41) is 0. The number of carbonyl (C=O) groups is 3. The summed E-state index contributed by atoms with van der Waals surface area (Å²) in [6, 6.07) is 0. The van der Waals surface area contributed by atoms with E-state index in [1.807, 2.05) is 0 Å². The Kier molecular flexibility index (Phi) is 60.3. The largest absolute Gasteiger partial charge is 0.462 e. The van der Waals surface area contributed by atoms with Crippen molar-refractivity contribution < 1.29 is 28.6 Å². The summed E-state index contributed by atoms with van der Waals surface area (Å²) in [6.45, 7) is 6.53. The first-order chi connectivity index (χ1) is 37.0. The lowest BCUT2D eigenvalue weighted by atomic mass is 10.0. The molecule has 1 unspecified atom stereocenters. The molecule has 0 spiro atoms. The van der Waals surface area contributed by atoms with Crippen LogP contribution in [-0.2, 0) is 28.6 Å². The Labute approximate surface area is 465 Å². The van der Waals surface area contributed by atoms with E-state index in [1.165, 1.54) is 161 Å². The first kappa shape index (κ1) is 71.6. The fraction of sp³-hybridized carbons (Fsp3) is 0.754. The van der Waals surface area contributed by atoms with E-state index in [2.05, 4.69) is 106 Å². The smallest absolute Gasteiger partial charge is 0.306 e. The van der Waals surface area contributed by atoms with E-state index in [0.29, 0.717) is 19.3 Å². The van der Waals surface area contributed by atoms with Crippen LogP contribution in [0.2, 0.25) is 0 Å². The van der Waals surface area contributed by atoms with Gasteiger partial charge in [0.1, 0.15) is 13.2 Å². The first-order valence-corrected chi connectivity index (χ1v) is 32.1. The molecule has 0 aromatic heterocycles. The molecule has 0 saturated heterocycles. The Balaban J connectivity index is 4.36. The number of rotatable bonds is 58. The van der Waals surface area contributed by atoms with Gasteiger partial charge in [-0.2, -0.15) is 0 Å². The quantitative estimate of drug-likeness (QED) is 0.0261. The zero-order valence-electron chi connectivity index (χ0n) is 49.6. The highest BCUT2D eigenvalue weighted by atomic mass is 16.6. The van der Waals surface area contributed by atoms with E-state index in [1.54, 1.807) is 0 Å². The molecule has 0 aliphatic rings. The average molecular weight is 1050 g/mol. The van der Waals surface area contributed by atoms with Crippen LogP contribution < -0.4 is 0 Å². The van der Waals surface area contributed by atoms with Crippen LogP contribution in [0.25, 0.3) is 0 Å². The zero-order valence-corrected chi connectivity index (χ0v) is 49.6. The SMILES string of the molecule is CC/C=C\C/C=C\C/C=C\C/C=C\C/C=C\C/C=C\CCCCCCCCC(=O)OCC(COC(=O)CCCCCCC/C=C\CCCCCCC)OC(=O)CCCCCCCCCCCCCCCCCCCC. The highest BCUT2D eigenvalue weighted by Gasteiger charge is 2.19. The fourth-order valence-electron chi connectivity index (χ4n) is 9.09. The molecule has 0 aliphatic heterocycles. The lowest BCUT2D eigenvalue weighted by Crippen LogP contribution is -2.30. The number of allylic oxidation sites excluding steroid dienone is 14. The molecule has 1 atom stereocenters. The minimum atomic E-state index is -0.786. The van der Waals surface area contributed by atoms with Crippen molar-refractivity contribution in [2.24, 2.45) is 0 Å². The molecule has 432 valence electrons. The summed E-state index contributed by atoms with van der Waals surface area (Å²) in [7, 11) is 0. The highest BCUT2D eigenvalue weighted by Crippen LogP contribution is 2.17. The second kappa shape index (κ2) is 63.1. The summed E-state index contributed by atoms with van der Waals surface area (Å²) in [4.78, 5) is 38.3. The summed E-state index contributed by atoms with van der Waals surface area (Å²) in [5.74, 6) is -0.891. The number of esters is 3. The molecular weight excluding hydrogens is 925 g/mol. The molecule has 0 heterocycles. The normalized spacial score (nSPS) is 12.6. The fourth-order valence-corrected chi connectivity index (χ4v) is 9.09. The van der Waals surface area contributed by atoms with Gasteiger partial charge in [-0.1, -0.05) is 286 Å². The van der Waals surface area contributed by atoms with Crippen LogP contribution in [0.5, 0.6) is 0 Å². The van der Waals surface area contributed by atoms with Crippen molar-refractivity contribution >= 4 is 17.9 Å². The Bertz CT molecular complexity index is 1430. The van der Waals surface area contributed by atoms with Crippen molar-refractivity contribution in [1.82, 2.24) is 0 Å². The molecule has 75 heavy (non-hydrogen) atoms.